The lowest BCUT2D eigenvalue weighted by Gasteiger charge is -2.27. The summed E-state index contributed by atoms with van der Waals surface area (Å²) in [6, 6.07) is 4.79. The Balaban J connectivity index is 1.72. The fourth-order valence-corrected chi connectivity index (χ4v) is 5.66. The van der Waals surface area contributed by atoms with Crippen molar-refractivity contribution in [3.8, 4) is 5.75 Å². The molecule has 3 rings (SSSR count). The molecule has 1 heterocycles. The molecule has 1 saturated heterocycles. The molecule has 2 fully saturated rings. The van der Waals surface area contributed by atoms with Gasteiger partial charge in [0.25, 0.3) is 0 Å². The maximum absolute atomic E-state index is 13.7. The molecule has 0 bridgehead atoms. The van der Waals surface area contributed by atoms with Crippen LogP contribution in [0.3, 0.4) is 0 Å². The van der Waals surface area contributed by atoms with Gasteiger partial charge in [0.2, 0.25) is 17.7 Å². The van der Waals surface area contributed by atoms with Crippen LogP contribution in [-0.2, 0) is 30.3 Å². The Bertz CT molecular complexity index is 1050. The fourth-order valence-electron chi connectivity index (χ4n) is 5.66. The van der Waals surface area contributed by atoms with Crippen molar-refractivity contribution in [3.05, 3.63) is 29.8 Å². The van der Waals surface area contributed by atoms with Crippen LogP contribution in [0, 0.1) is 5.92 Å². The molecule has 4 atom stereocenters. The minimum absolute atomic E-state index is 0.124. The first kappa shape index (κ1) is 33.5. The lowest BCUT2D eigenvalue weighted by Crippen LogP contribution is -2.57. The van der Waals surface area contributed by atoms with E-state index in [0.29, 0.717) is 24.7 Å². The van der Waals surface area contributed by atoms with Crippen molar-refractivity contribution in [3.63, 3.8) is 0 Å². The van der Waals surface area contributed by atoms with Gasteiger partial charge in [-0.25, -0.2) is 0 Å². The third-order valence-corrected chi connectivity index (χ3v) is 8.22. The Morgan fingerprint density at radius 3 is 2.12 bits per heavy atom. The highest BCUT2D eigenvalue weighted by Gasteiger charge is 2.50. The molecule has 42 heavy (non-hydrogen) atoms. The number of ketones is 1. The van der Waals surface area contributed by atoms with Crippen LogP contribution in [0.5, 0.6) is 5.75 Å². The monoisotopic (exact) mass is 586 g/mol. The zero-order valence-electron chi connectivity index (χ0n) is 26.0. The van der Waals surface area contributed by atoms with Crippen molar-refractivity contribution in [1.29, 1.82) is 0 Å². The number of benzene rings is 1. The Labute approximate surface area is 250 Å². The van der Waals surface area contributed by atoms with E-state index < -0.39 is 35.5 Å². The van der Waals surface area contributed by atoms with Gasteiger partial charge >= 0.3 is 0 Å². The highest BCUT2D eigenvalue weighted by atomic mass is 16.6. The zero-order chi connectivity index (χ0) is 30.7. The lowest BCUT2D eigenvalue weighted by atomic mass is 9.90. The summed E-state index contributed by atoms with van der Waals surface area (Å²) in [5, 5.41) is 8.59. The Morgan fingerprint density at radius 2 is 1.57 bits per heavy atom. The first-order valence-electron chi connectivity index (χ1n) is 15.5. The number of Topliss-reactive ketones (excluding diaryl/α,β-unsaturated/α-hetero) is 1. The number of epoxide rings is 1. The van der Waals surface area contributed by atoms with Crippen LogP contribution in [0.4, 0.5) is 0 Å². The van der Waals surface area contributed by atoms with Gasteiger partial charge in [-0.3, -0.25) is 24.1 Å². The predicted molar refractivity (Wildman–Crippen MR) is 161 cm³/mol. The second kappa shape index (κ2) is 16.0. The fraction of sp³-hybridized carbons (Fsp3) is 0.688. The Hall–Kier alpha value is -2.98. The van der Waals surface area contributed by atoms with Crippen molar-refractivity contribution in [2.24, 2.45) is 5.92 Å². The van der Waals surface area contributed by atoms with Crippen LogP contribution >= 0.6 is 0 Å². The SMILES string of the molecule is CCCN(CCC)CC(=O)NC(C)C(=O)NC(Cc1ccc(OC)cc1)C(=O)NC(CC1CCCC1)C(=O)C1(C)CO1. The molecule has 2 aliphatic rings. The van der Waals surface area contributed by atoms with Gasteiger partial charge in [-0.2, -0.15) is 0 Å². The van der Waals surface area contributed by atoms with Crippen molar-refractivity contribution in [1.82, 2.24) is 20.9 Å². The highest BCUT2D eigenvalue weighted by Crippen LogP contribution is 2.33. The van der Waals surface area contributed by atoms with Crippen molar-refractivity contribution < 1.29 is 28.7 Å². The third kappa shape index (κ3) is 10.1. The van der Waals surface area contributed by atoms with Gasteiger partial charge in [-0.15, -0.1) is 0 Å². The average molecular weight is 587 g/mol. The van der Waals surface area contributed by atoms with Gasteiger partial charge in [-0.1, -0.05) is 51.7 Å². The molecule has 3 N–H and O–H groups in total. The van der Waals surface area contributed by atoms with Crippen molar-refractivity contribution >= 4 is 23.5 Å². The minimum atomic E-state index is -0.950. The summed E-state index contributed by atoms with van der Waals surface area (Å²) in [6.45, 7) is 9.65. The van der Waals surface area contributed by atoms with Crippen LogP contribution in [-0.4, -0.2) is 85.5 Å². The van der Waals surface area contributed by atoms with E-state index in [2.05, 4.69) is 34.7 Å². The number of ether oxygens (including phenoxy) is 2. The van der Waals surface area contributed by atoms with Crippen LogP contribution in [0.1, 0.15) is 78.2 Å². The molecule has 0 radical (unpaired) electrons. The Morgan fingerprint density at radius 1 is 0.976 bits per heavy atom. The van der Waals surface area contributed by atoms with Gasteiger partial charge in [-0.05, 0) is 69.8 Å². The molecule has 0 aromatic heterocycles. The van der Waals surface area contributed by atoms with Crippen LogP contribution in [0.25, 0.3) is 0 Å². The summed E-state index contributed by atoms with van der Waals surface area (Å²) in [5.41, 5.74) is -0.0492. The van der Waals surface area contributed by atoms with E-state index in [-0.39, 0.29) is 24.7 Å². The third-order valence-electron chi connectivity index (χ3n) is 8.22. The average Bonchev–Trinajstić information content (AvgIpc) is 3.50. The summed E-state index contributed by atoms with van der Waals surface area (Å²) in [4.78, 5) is 55.1. The topological polar surface area (TPSA) is 129 Å². The van der Waals surface area contributed by atoms with Crippen LogP contribution in [0.15, 0.2) is 24.3 Å². The predicted octanol–water partition coefficient (Wildman–Crippen LogP) is 2.77. The molecule has 3 amide bonds. The van der Waals surface area contributed by atoms with Crippen molar-refractivity contribution in [2.75, 3.05) is 33.4 Å². The first-order valence-corrected chi connectivity index (χ1v) is 15.5. The van der Waals surface area contributed by atoms with E-state index in [1.165, 1.54) is 0 Å². The lowest BCUT2D eigenvalue weighted by molar-refractivity contribution is -0.134. The molecule has 1 aromatic rings. The van der Waals surface area contributed by atoms with Gasteiger partial charge in [0.05, 0.1) is 26.3 Å². The molecule has 0 spiro atoms. The zero-order valence-corrected chi connectivity index (χ0v) is 26.0. The summed E-state index contributed by atoms with van der Waals surface area (Å²) >= 11 is 0. The minimum Gasteiger partial charge on any atom is -0.497 e. The van der Waals surface area contributed by atoms with Gasteiger partial charge < -0.3 is 25.4 Å². The number of nitrogens with zero attached hydrogens (tertiary/aromatic N) is 1. The maximum atomic E-state index is 13.7. The number of amides is 3. The first-order chi connectivity index (χ1) is 20.1. The smallest absolute Gasteiger partial charge is 0.243 e. The summed E-state index contributed by atoms with van der Waals surface area (Å²) < 4.78 is 10.7. The Kier molecular flexibility index (Phi) is 12.8. The summed E-state index contributed by atoms with van der Waals surface area (Å²) in [7, 11) is 1.58. The molecular formula is C32H50N4O6. The van der Waals surface area contributed by atoms with E-state index in [0.717, 1.165) is 57.2 Å². The number of hydrogen-bond donors (Lipinski definition) is 3. The number of carbonyl (C=O) groups is 4. The number of nitrogens with one attached hydrogen (secondary N) is 3. The van der Waals surface area contributed by atoms with E-state index in [1.54, 1.807) is 33.1 Å². The second-order valence-corrected chi connectivity index (χ2v) is 12.0. The van der Waals surface area contributed by atoms with Gasteiger partial charge in [0.15, 0.2) is 5.78 Å². The molecule has 234 valence electrons. The van der Waals surface area contributed by atoms with E-state index in [1.807, 2.05) is 12.1 Å². The van der Waals surface area contributed by atoms with E-state index >= 15 is 0 Å². The number of rotatable bonds is 18. The largest absolute Gasteiger partial charge is 0.497 e. The van der Waals surface area contributed by atoms with Gasteiger partial charge in [0, 0.05) is 6.42 Å². The molecule has 1 aliphatic heterocycles. The van der Waals surface area contributed by atoms with E-state index in [4.69, 9.17) is 9.47 Å². The number of hydrogen-bond acceptors (Lipinski definition) is 7. The summed E-state index contributed by atoms with van der Waals surface area (Å²) in [5.74, 6) is -0.218. The molecule has 1 aromatic carbocycles. The quantitative estimate of drug-likeness (QED) is 0.226. The van der Waals surface area contributed by atoms with Crippen molar-refractivity contribution in [2.45, 2.75) is 103 Å². The number of methoxy groups -OCH3 is 1. The maximum Gasteiger partial charge on any atom is 0.243 e. The highest BCUT2D eigenvalue weighted by molar-refractivity contribution is 5.98. The molecule has 10 heteroatoms. The second-order valence-electron chi connectivity index (χ2n) is 12.0. The summed E-state index contributed by atoms with van der Waals surface area (Å²) in [6.07, 6.45) is 6.96. The standard InChI is InChI=1S/C32H50N4O6/c1-6-16-36(17-7-2)20-28(37)33-22(3)30(39)35-27(19-24-12-14-25(41-5)15-13-24)31(40)34-26(18-23-10-8-9-11-23)29(38)32(4)21-42-32/h12-15,22-23,26-27H,6-11,16-21H2,1-5H3,(H,33,37)(H,34,40)(H,35,39). The van der Waals surface area contributed by atoms with Gasteiger partial charge in [0.1, 0.15) is 23.4 Å². The molecule has 1 saturated carbocycles. The van der Waals surface area contributed by atoms with Crippen LogP contribution < -0.4 is 20.7 Å². The normalized spacial score (nSPS) is 20.4. The van der Waals surface area contributed by atoms with E-state index in [9.17, 15) is 19.2 Å². The molecule has 1 aliphatic carbocycles. The molecule has 10 nitrogen and oxygen atoms in total. The molecule has 4 unspecified atom stereocenters. The van der Waals surface area contributed by atoms with Crippen LogP contribution in [0.2, 0.25) is 0 Å². The molecular weight excluding hydrogens is 536 g/mol. The number of carbonyl (C=O) groups excluding carboxylic acids is 4.